The van der Waals surface area contributed by atoms with Gasteiger partial charge in [-0.2, -0.15) is 0 Å². The summed E-state index contributed by atoms with van der Waals surface area (Å²) < 4.78 is 0. The smallest absolute Gasteiger partial charge is 0.162 e. The Hall–Kier alpha value is -3.85. The Bertz CT molecular complexity index is 2000. The van der Waals surface area contributed by atoms with E-state index in [0.717, 1.165) is 48.9 Å². The van der Waals surface area contributed by atoms with E-state index < -0.39 is 0 Å². The normalized spacial score (nSPS) is 12.1. The van der Waals surface area contributed by atoms with Crippen molar-refractivity contribution in [1.82, 2.24) is 4.98 Å². The van der Waals surface area contributed by atoms with Crippen LogP contribution in [0.1, 0.15) is 90.8 Å². The molecule has 1 N–H and O–H groups in total. The third-order valence-corrected chi connectivity index (χ3v) is 10.1. The number of benzene rings is 4. The molecule has 5 aromatic rings. The van der Waals surface area contributed by atoms with Gasteiger partial charge in [-0.15, -0.1) is 34.9 Å². The number of fused-ring (bicyclic) bond motifs is 5. The number of aliphatic hydroxyl groups is 1. The molecule has 0 bridgehead atoms. The number of carbonyl (C=O) groups is 1. The van der Waals surface area contributed by atoms with E-state index in [9.17, 15) is 9.90 Å². The van der Waals surface area contributed by atoms with Gasteiger partial charge in [0, 0.05) is 49.8 Å². The van der Waals surface area contributed by atoms with Crippen LogP contribution in [0.25, 0.3) is 55.4 Å². The van der Waals surface area contributed by atoms with E-state index in [-0.39, 0.29) is 48.9 Å². The van der Waals surface area contributed by atoms with Crippen molar-refractivity contribution in [3.8, 4) is 44.6 Å². The van der Waals surface area contributed by atoms with E-state index in [4.69, 9.17) is 4.98 Å². The number of nitrogens with zero attached hydrogens (tertiary/aromatic N) is 1. The van der Waals surface area contributed by atoms with Gasteiger partial charge in [-0.3, -0.25) is 4.79 Å². The molecule has 0 saturated heterocycles. The monoisotopic (exact) mass is 857 g/mol. The van der Waals surface area contributed by atoms with Crippen LogP contribution in [-0.4, -0.2) is 15.9 Å². The van der Waals surface area contributed by atoms with Crippen molar-refractivity contribution in [2.45, 2.75) is 94.4 Å². The number of aliphatic hydroxyl groups excluding tert-OH is 1. The molecule has 1 aliphatic carbocycles. The molecule has 1 aromatic heterocycles. The first-order valence-electron chi connectivity index (χ1n) is 18.5. The van der Waals surface area contributed by atoms with E-state index in [0.29, 0.717) is 0 Å². The Balaban J connectivity index is 0.000000312. The molecule has 51 heavy (non-hydrogen) atoms. The molecule has 4 aromatic carbocycles. The van der Waals surface area contributed by atoms with Crippen molar-refractivity contribution >= 4 is 16.6 Å². The molecule has 0 unspecified atom stereocenters. The Morgan fingerprint density at radius 3 is 1.98 bits per heavy atom. The van der Waals surface area contributed by atoms with Crippen LogP contribution in [0.3, 0.4) is 0 Å². The van der Waals surface area contributed by atoms with E-state index in [1.807, 2.05) is 27.7 Å². The second-order valence-electron chi connectivity index (χ2n) is 15.2. The summed E-state index contributed by atoms with van der Waals surface area (Å²) in [5, 5.41) is 12.5. The number of aromatic nitrogens is 1. The summed E-state index contributed by atoms with van der Waals surface area (Å²) in [7, 11) is 0. The second kappa shape index (κ2) is 17.1. The van der Waals surface area contributed by atoms with E-state index >= 15 is 0 Å². The fraction of sp³-hybridized carbons (Fsp3) is 0.362. The third-order valence-electron chi connectivity index (χ3n) is 10.1. The van der Waals surface area contributed by atoms with Crippen molar-refractivity contribution in [3.05, 3.63) is 114 Å². The molecular formula is C47H54IrNO2-. The quantitative estimate of drug-likeness (QED) is 0.0895. The number of pyridine rings is 1. The minimum atomic E-state index is 0. The fourth-order valence-electron chi connectivity index (χ4n) is 7.45. The summed E-state index contributed by atoms with van der Waals surface area (Å²) in [4.78, 5) is 16.7. The molecule has 4 heteroatoms. The number of hydrogen-bond acceptors (Lipinski definition) is 3. The molecule has 0 atom stereocenters. The first-order valence-corrected chi connectivity index (χ1v) is 18.5. The zero-order valence-corrected chi connectivity index (χ0v) is 34.3. The maximum absolute atomic E-state index is 11.7. The fourth-order valence-corrected chi connectivity index (χ4v) is 7.45. The molecule has 0 fully saturated rings. The van der Waals surface area contributed by atoms with Gasteiger partial charge in [0.2, 0.25) is 0 Å². The Morgan fingerprint density at radius 1 is 0.765 bits per heavy atom. The maximum atomic E-state index is 11.7. The minimum Gasteiger partial charge on any atom is -0.512 e. The van der Waals surface area contributed by atoms with Crippen molar-refractivity contribution in [2.24, 2.45) is 17.3 Å². The van der Waals surface area contributed by atoms with Gasteiger partial charge in [0.1, 0.15) is 0 Å². The second-order valence-corrected chi connectivity index (χ2v) is 15.2. The van der Waals surface area contributed by atoms with Crippen molar-refractivity contribution < 1.29 is 30.0 Å². The van der Waals surface area contributed by atoms with E-state index in [1.165, 1.54) is 61.4 Å². The van der Waals surface area contributed by atoms with Crippen LogP contribution in [-0.2, 0) is 31.3 Å². The zero-order chi connectivity index (χ0) is 36.2. The predicted molar refractivity (Wildman–Crippen MR) is 212 cm³/mol. The van der Waals surface area contributed by atoms with Gasteiger partial charge in [-0.05, 0) is 87.4 Å². The molecular weight excluding hydrogens is 803 g/mol. The SMILES string of the molecule is CCC(CC)C(=O)/C=C(\O)C(CC)CC.Cc1[c-]c(-c2cc3c(cn2)-c2ccccc2-c2cccc4c(CC(C)(C)C)ccc-3c24)cc(C)c1.[Ir]. The minimum absolute atomic E-state index is 0. The maximum Gasteiger partial charge on any atom is 0.162 e. The van der Waals surface area contributed by atoms with Gasteiger partial charge < -0.3 is 10.1 Å². The van der Waals surface area contributed by atoms with Crippen LogP contribution >= 0.6 is 0 Å². The van der Waals surface area contributed by atoms with Gasteiger partial charge in [-0.25, -0.2) is 0 Å². The summed E-state index contributed by atoms with van der Waals surface area (Å²) >= 11 is 0. The molecule has 1 heterocycles. The predicted octanol–water partition coefficient (Wildman–Crippen LogP) is 13.1. The number of carbonyl (C=O) groups excluding carboxylic acids is 1. The van der Waals surface area contributed by atoms with Crippen LogP contribution in [0.4, 0.5) is 0 Å². The zero-order valence-electron chi connectivity index (χ0n) is 31.9. The molecule has 1 radical (unpaired) electrons. The van der Waals surface area contributed by atoms with Gasteiger partial charge in [0.25, 0.3) is 0 Å². The third kappa shape index (κ3) is 8.97. The molecule has 1 aliphatic rings. The van der Waals surface area contributed by atoms with Gasteiger partial charge in [0.15, 0.2) is 5.78 Å². The summed E-state index contributed by atoms with van der Waals surface area (Å²) in [5.74, 6) is 0.547. The standard InChI is InChI=1S/C34H30N.C13H24O2.Ir/c1-21-15-22(2)17-24(16-21)32-18-30-29-14-13-23(19-34(3,4)5)25-11-8-12-28(33(25)29)26-9-6-7-10-27(26)31(30)20-35-32;1-5-10(6-2)12(14)9-13(15)11(7-3)8-4;/h6-16,18,20H,19H2,1-5H3;9-11,14H,5-8H2,1-4H3;/q-1;;/b;12-9-;. The van der Waals surface area contributed by atoms with Crippen molar-refractivity contribution in [2.75, 3.05) is 0 Å². The molecule has 3 nitrogen and oxygen atoms in total. The average molecular weight is 857 g/mol. The molecule has 0 amide bonds. The topological polar surface area (TPSA) is 50.2 Å². The average Bonchev–Trinajstić information content (AvgIpc) is 3.20. The largest absolute Gasteiger partial charge is 0.512 e. The Morgan fingerprint density at radius 2 is 1.37 bits per heavy atom. The van der Waals surface area contributed by atoms with Crippen LogP contribution in [0.2, 0.25) is 0 Å². The molecule has 0 spiro atoms. The molecule has 6 rings (SSSR count). The molecule has 269 valence electrons. The molecule has 0 aliphatic heterocycles. The summed E-state index contributed by atoms with van der Waals surface area (Å²) in [6, 6.07) is 30.4. The first kappa shape index (κ1) is 39.9. The van der Waals surface area contributed by atoms with Crippen molar-refractivity contribution in [3.63, 3.8) is 0 Å². The number of hydrogen-bond donors (Lipinski definition) is 1. The Labute approximate surface area is 320 Å². The van der Waals surface area contributed by atoms with Gasteiger partial charge in [0.05, 0.1) is 5.76 Å². The Kier molecular flexibility index (Phi) is 13.4. The first-order chi connectivity index (χ1) is 23.9. The summed E-state index contributed by atoms with van der Waals surface area (Å²) in [6.07, 6.45) is 8.01. The van der Waals surface area contributed by atoms with Gasteiger partial charge >= 0.3 is 0 Å². The number of aryl methyl sites for hydroxylation is 2. The summed E-state index contributed by atoms with van der Waals surface area (Å²) in [6.45, 7) is 19.3. The van der Waals surface area contributed by atoms with E-state index in [2.05, 4.69) is 120 Å². The number of rotatable bonds is 9. The van der Waals surface area contributed by atoms with Crippen LogP contribution in [0.5, 0.6) is 0 Å². The van der Waals surface area contributed by atoms with Crippen LogP contribution in [0, 0.1) is 37.2 Å². The molecule has 0 saturated carbocycles. The number of allylic oxidation sites excluding steroid dienone is 2. The van der Waals surface area contributed by atoms with Crippen LogP contribution in [0.15, 0.2) is 90.8 Å². The van der Waals surface area contributed by atoms with Crippen molar-refractivity contribution in [1.29, 1.82) is 0 Å². The van der Waals surface area contributed by atoms with Gasteiger partial charge in [-0.1, -0.05) is 123 Å². The number of ketones is 1. The van der Waals surface area contributed by atoms with E-state index in [1.54, 1.807) is 0 Å². The summed E-state index contributed by atoms with van der Waals surface area (Å²) in [5.41, 5.74) is 13.6. The van der Waals surface area contributed by atoms with Crippen LogP contribution < -0.4 is 0 Å².